The van der Waals surface area contributed by atoms with Gasteiger partial charge in [-0.05, 0) is 18.4 Å². The van der Waals surface area contributed by atoms with Crippen molar-refractivity contribution in [2.75, 3.05) is 0 Å². The predicted octanol–water partition coefficient (Wildman–Crippen LogP) is 2.40. The van der Waals surface area contributed by atoms with Crippen molar-refractivity contribution in [3.63, 3.8) is 0 Å². The van der Waals surface area contributed by atoms with Crippen molar-refractivity contribution in [2.45, 2.75) is 44.7 Å². The minimum Gasteiger partial charge on any atom is -0.348 e. The van der Waals surface area contributed by atoms with Crippen molar-refractivity contribution < 1.29 is 9.59 Å². The highest BCUT2D eigenvalue weighted by atomic mass is 16.2. The first kappa shape index (κ1) is 16.2. The van der Waals surface area contributed by atoms with Crippen LogP contribution in [0.25, 0.3) is 0 Å². The van der Waals surface area contributed by atoms with Crippen molar-refractivity contribution in [2.24, 2.45) is 0 Å². The van der Waals surface area contributed by atoms with Crippen LogP contribution in [0.1, 0.15) is 58.6 Å². The van der Waals surface area contributed by atoms with Gasteiger partial charge in [0.15, 0.2) is 5.69 Å². The van der Waals surface area contributed by atoms with Gasteiger partial charge in [-0.25, -0.2) is 4.98 Å². The monoisotopic (exact) mass is 326 g/mol. The number of hydrogen-bond acceptors (Lipinski definition) is 3. The van der Waals surface area contributed by atoms with Gasteiger partial charge in [0.1, 0.15) is 5.69 Å². The van der Waals surface area contributed by atoms with Gasteiger partial charge < -0.3 is 15.6 Å². The molecule has 24 heavy (non-hydrogen) atoms. The maximum Gasteiger partial charge on any atom is 0.272 e. The third-order valence-electron chi connectivity index (χ3n) is 4.32. The molecule has 1 aromatic carbocycles. The van der Waals surface area contributed by atoms with Crippen LogP contribution in [0.15, 0.2) is 36.7 Å². The van der Waals surface area contributed by atoms with Gasteiger partial charge in [-0.2, -0.15) is 0 Å². The minimum atomic E-state index is -0.329. The lowest BCUT2D eigenvalue weighted by atomic mass is 9.95. The number of imidazole rings is 1. The normalized spacial score (nSPS) is 15.0. The minimum absolute atomic E-state index is 0.158. The Kier molecular flexibility index (Phi) is 5.25. The number of carbonyl (C=O) groups is 2. The van der Waals surface area contributed by atoms with E-state index < -0.39 is 0 Å². The first-order valence-electron chi connectivity index (χ1n) is 8.40. The molecule has 1 fully saturated rings. The molecule has 0 bridgehead atoms. The average Bonchev–Trinajstić information content (AvgIpc) is 3.11. The van der Waals surface area contributed by atoms with E-state index in [1.807, 2.05) is 30.3 Å². The Balaban J connectivity index is 1.61. The summed E-state index contributed by atoms with van der Waals surface area (Å²) in [6.45, 7) is 0.405. The average molecular weight is 326 g/mol. The number of aromatic nitrogens is 2. The Morgan fingerprint density at radius 1 is 1.08 bits per heavy atom. The number of carbonyl (C=O) groups excluding carboxylic acids is 2. The molecule has 0 spiro atoms. The first-order valence-corrected chi connectivity index (χ1v) is 8.40. The molecule has 1 heterocycles. The van der Waals surface area contributed by atoms with Crippen LogP contribution in [-0.2, 0) is 6.54 Å². The molecule has 126 valence electrons. The van der Waals surface area contributed by atoms with E-state index in [9.17, 15) is 9.59 Å². The van der Waals surface area contributed by atoms with Crippen molar-refractivity contribution >= 4 is 11.8 Å². The van der Waals surface area contributed by atoms with Crippen molar-refractivity contribution in [1.29, 1.82) is 0 Å². The second kappa shape index (κ2) is 7.77. The van der Waals surface area contributed by atoms with E-state index >= 15 is 0 Å². The van der Waals surface area contributed by atoms with Crippen LogP contribution in [-0.4, -0.2) is 27.8 Å². The molecule has 2 aromatic rings. The molecule has 0 unspecified atom stereocenters. The van der Waals surface area contributed by atoms with Gasteiger partial charge in [-0.3, -0.25) is 9.59 Å². The highest BCUT2D eigenvalue weighted by Gasteiger charge is 2.23. The van der Waals surface area contributed by atoms with E-state index in [0.29, 0.717) is 6.54 Å². The summed E-state index contributed by atoms with van der Waals surface area (Å²) in [6.07, 6.45) is 6.86. The number of benzene rings is 1. The predicted molar refractivity (Wildman–Crippen MR) is 90.5 cm³/mol. The van der Waals surface area contributed by atoms with Crippen LogP contribution < -0.4 is 10.6 Å². The highest BCUT2D eigenvalue weighted by molar-refractivity contribution is 6.04. The van der Waals surface area contributed by atoms with Gasteiger partial charge in [0.05, 0.1) is 6.33 Å². The van der Waals surface area contributed by atoms with Gasteiger partial charge in [-0.1, -0.05) is 49.6 Å². The summed E-state index contributed by atoms with van der Waals surface area (Å²) in [4.78, 5) is 31.5. The summed E-state index contributed by atoms with van der Waals surface area (Å²) >= 11 is 0. The molecule has 0 saturated heterocycles. The van der Waals surface area contributed by atoms with E-state index in [1.165, 1.54) is 12.7 Å². The lowest BCUT2D eigenvalue weighted by molar-refractivity contribution is 0.0897. The molecule has 0 atom stereocenters. The SMILES string of the molecule is O=C(NC1CCCCC1)c1nc[nH]c1C(=O)NCc1ccccc1. The molecule has 3 rings (SSSR count). The summed E-state index contributed by atoms with van der Waals surface area (Å²) in [5, 5.41) is 5.80. The molecule has 2 amide bonds. The zero-order chi connectivity index (χ0) is 16.8. The van der Waals surface area contributed by atoms with Crippen molar-refractivity contribution in [1.82, 2.24) is 20.6 Å². The third kappa shape index (κ3) is 4.01. The maximum atomic E-state index is 12.4. The Hall–Kier alpha value is -2.63. The molecule has 6 nitrogen and oxygen atoms in total. The van der Waals surface area contributed by atoms with E-state index in [1.54, 1.807) is 0 Å². The van der Waals surface area contributed by atoms with Crippen LogP contribution in [0, 0.1) is 0 Å². The molecule has 0 aliphatic heterocycles. The zero-order valence-electron chi connectivity index (χ0n) is 13.5. The number of H-pyrrole nitrogens is 1. The summed E-state index contributed by atoms with van der Waals surface area (Å²) in [5.41, 5.74) is 1.36. The standard InChI is InChI=1S/C18H22N4O2/c23-17(19-11-13-7-3-1-4-8-13)15-16(21-12-20-15)18(24)22-14-9-5-2-6-10-14/h1,3-4,7-8,12,14H,2,5-6,9-11H2,(H,19,23)(H,20,21)(H,22,24). The number of aromatic amines is 1. The van der Waals surface area contributed by atoms with Crippen LogP contribution in [0.3, 0.4) is 0 Å². The van der Waals surface area contributed by atoms with E-state index in [0.717, 1.165) is 31.2 Å². The molecule has 1 aliphatic carbocycles. The number of nitrogens with zero attached hydrogens (tertiary/aromatic N) is 1. The van der Waals surface area contributed by atoms with Crippen molar-refractivity contribution in [3.05, 3.63) is 53.6 Å². The summed E-state index contributed by atoms with van der Waals surface area (Å²) in [6, 6.07) is 9.81. The van der Waals surface area contributed by atoms with E-state index in [4.69, 9.17) is 0 Å². The second-order valence-electron chi connectivity index (χ2n) is 6.10. The lowest BCUT2D eigenvalue weighted by Crippen LogP contribution is -2.37. The summed E-state index contributed by atoms with van der Waals surface area (Å²) < 4.78 is 0. The van der Waals surface area contributed by atoms with Crippen LogP contribution >= 0.6 is 0 Å². The fourth-order valence-electron chi connectivity index (χ4n) is 3.01. The van der Waals surface area contributed by atoms with Crippen LogP contribution in [0.2, 0.25) is 0 Å². The topological polar surface area (TPSA) is 86.9 Å². The fraction of sp³-hybridized carbons (Fsp3) is 0.389. The molecule has 1 saturated carbocycles. The molecule has 0 radical (unpaired) electrons. The Morgan fingerprint density at radius 2 is 1.83 bits per heavy atom. The third-order valence-corrected chi connectivity index (χ3v) is 4.32. The number of amides is 2. The Morgan fingerprint density at radius 3 is 2.58 bits per heavy atom. The van der Waals surface area contributed by atoms with Gasteiger partial charge >= 0.3 is 0 Å². The fourth-order valence-corrected chi connectivity index (χ4v) is 3.01. The van der Waals surface area contributed by atoms with Crippen LogP contribution in [0.4, 0.5) is 0 Å². The maximum absolute atomic E-state index is 12.4. The molecule has 1 aliphatic rings. The zero-order valence-corrected chi connectivity index (χ0v) is 13.5. The lowest BCUT2D eigenvalue weighted by Gasteiger charge is -2.22. The molecular formula is C18H22N4O2. The van der Waals surface area contributed by atoms with E-state index in [2.05, 4.69) is 20.6 Å². The molecular weight excluding hydrogens is 304 g/mol. The number of nitrogens with one attached hydrogen (secondary N) is 3. The van der Waals surface area contributed by atoms with E-state index in [-0.39, 0.29) is 29.2 Å². The molecule has 6 heteroatoms. The molecule has 3 N–H and O–H groups in total. The van der Waals surface area contributed by atoms with Gasteiger partial charge in [0, 0.05) is 12.6 Å². The summed E-state index contributed by atoms with van der Waals surface area (Å²) in [5.74, 6) is -0.613. The number of hydrogen-bond donors (Lipinski definition) is 3. The van der Waals surface area contributed by atoms with Crippen LogP contribution in [0.5, 0.6) is 0 Å². The van der Waals surface area contributed by atoms with Gasteiger partial charge in [0.2, 0.25) is 0 Å². The highest BCUT2D eigenvalue weighted by Crippen LogP contribution is 2.18. The Labute approximate surface area is 141 Å². The largest absolute Gasteiger partial charge is 0.348 e. The smallest absolute Gasteiger partial charge is 0.272 e. The quantitative estimate of drug-likeness (QED) is 0.788. The Bertz CT molecular complexity index is 690. The van der Waals surface area contributed by atoms with Crippen molar-refractivity contribution in [3.8, 4) is 0 Å². The second-order valence-corrected chi connectivity index (χ2v) is 6.10. The van der Waals surface area contributed by atoms with Gasteiger partial charge in [0.25, 0.3) is 11.8 Å². The first-order chi connectivity index (χ1) is 11.7. The number of rotatable bonds is 5. The summed E-state index contributed by atoms with van der Waals surface area (Å²) in [7, 11) is 0. The molecule has 1 aromatic heterocycles. The van der Waals surface area contributed by atoms with Gasteiger partial charge in [-0.15, -0.1) is 0 Å².